The molecular weight excluding hydrogens is 380 g/mol. The van der Waals surface area contributed by atoms with E-state index in [0.29, 0.717) is 25.0 Å². The lowest BCUT2D eigenvalue weighted by Gasteiger charge is -2.22. The first-order valence-electron chi connectivity index (χ1n) is 9.69. The van der Waals surface area contributed by atoms with Gasteiger partial charge in [0.2, 0.25) is 0 Å². The lowest BCUT2D eigenvalue weighted by molar-refractivity contribution is 0.0994. The molecule has 1 aromatic heterocycles. The highest BCUT2D eigenvalue weighted by Crippen LogP contribution is 2.25. The number of para-hydroxylation sites is 1. The summed E-state index contributed by atoms with van der Waals surface area (Å²) in [7, 11) is 0. The lowest BCUT2D eigenvalue weighted by Crippen LogP contribution is -2.21. The van der Waals surface area contributed by atoms with Crippen LogP contribution in [0.15, 0.2) is 61.1 Å². The van der Waals surface area contributed by atoms with E-state index < -0.39 is 12.0 Å². The number of nitrogens with zero attached hydrogens (tertiary/aromatic N) is 3. The topological polar surface area (TPSA) is 114 Å². The number of aliphatic hydroxyl groups excluding tert-OH is 1. The summed E-state index contributed by atoms with van der Waals surface area (Å²) in [6.07, 6.45) is 3.75. The summed E-state index contributed by atoms with van der Waals surface area (Å²) in [5.74, 6) is 0.175. The van der Waals surface area contributed by atoms with Gasteiger partial charge in [-0.2, -0.15) is 5.26 Å². The van der Waals surface area contributed by atoms with Gasteiger partial charge in [0.25, 0.3) is 5.91 Å². The Morgan fingerprint density at radius 1 is 1.27 bits per heavy atom. The van der Waals surface area contributed by atoms with E-state index in [1.54, 1.807) is 29.8 Å². The molecule has 0 spiro atoms. The van der Waals surface area contributed by atoms with Crippen molar-refractivity contribution < 1.29 is 14.6 Å². The number of primary amides is 1. The highest BCUT2D eigenvalue weighted by molar-refractivity contribution is 5.90. The molecule has 0 aliphatic heterocycles. The van der Waals surface area contributed by atoms with Crippen LogP contribution >= 0.6 is 0 Å². The van der Waals surface area contributed by atoms with Gasteiger partial charge in [-0.15, -0.1) is 0 Å². The average molecular weight is 404 g/mol. The molecule has 7 nitrogen and oxygen atoms in total. The number of amides is 1. The number of carbonyl (C=O) groups excluding carboxylic acids is 1. The van der Waals surface area contributed by atoms with Gasteiger partial charge in [-0.1, -0.05) is 30.3 Å². The normalized spacial score (nSPS) is 12.7. The molecule has 1 amide bonds. The quantitative estimate of drug-likeness (QED) is 0.569. The van der Waals surface area contributed by atoms with Gasteiger partial charge in [0.05, 0.1) is 30.1 Å². The smallest absolute Gasteiger partial charge is 0.268 e. The number of nitrogens with two attached hydrogens (primary N) is 1. The van der Waals surface area contributed by atoms with Gasteiger partial charge in [0.15, 0.2) is 0 Å². The molecule has 3 N–H and O–H groups in total. The third-order valence-corrected chi connectivity index (χ3v) is 4.95. The molecule has 0 bridgehead atoms. The molecule has 0 radical (unpaired) electrons. The van der Waals surface area contributed by atoms with Crippen LogP contribution in [0.25, 0.3) is 0 Å². The summed E-state index contributed by atoms with van der Waals surface area (Å²) in [5.41, 5.74) is 8.06. The molecule has 0 aliphatic carbocycles. The van der Waals surface area contributed by atoms with Crippen LogP contribution in [-0.2, 0) is 13.0 Å². The molecule has 0 fully saturated rings. The molecule has 3 rings (SSSR count). The van der Waals surface area contributed by atoms with Gasteiger partial charge in [-0.25, -0.2) is 4.98 Å². The Morgan fingerprint density at radius 2 is 2.00 bits per heavy atom. The van der Waals surface area contributed by atoms with E-state index >= 15 is 0 Å². The van der Waals surface area contributed by atoms with Crippen molar-refractivity contribution in [3.8, 4) is 11.8 Å². The summed E-state index contributed by atoms with van der Waals surface area (Å²) >= 11 is 0. The second kappa shape index (κ2) is 9.72. The molecule has 154 valence electrons. The van der Waals surface area contributed by atoms with Crippen LogP contribution in [0, 0.1) is 11.3 Å². The number of hydrogen-bond acceptors (Lipinski definition) is 5. The number of imidazole rings is 1. The molecule has 0 saturated heterocycles. The molecule has 1 heterocycles. The molecule has 3 aromatic rings. The molecule has 2 unspecified atom stereocenters. The molecule has 2 aromatic carbocycles. The summed E-state index contributed by atoms with van der Waals surface area (Å²) in [6.45, 7) is 2.11. The van der Waals surface area contributed by atoms with Crippen molar-refractivity contribution in [1.82, 2.24) is 9.55 Å². The minimum atomic E-state index is -0.633. The first kappa shape index (κ1) is 21.1. The molecule has 7 heteroatoms. The number of hydrogen-bond donors (Lipinski definition) is 2. The largest absolute Gasteiger partial charge is 0.489 e. The molecule has 0 saturated carbocycles. The highest BCUT2D eigenvalue weighted by atomic mass is 16.5. The first-order chi connectivity index (χ1) is 14.5. The van der Waals surface area contributed by atoms with Crippen LogP contribution < -0.4 is 10.5 Å². The van der Waals surface area contributed by atoms with Gasteiger partial charge >= 0.3 is 0 Å². The summed E-state index contributed by atoms with van der Waals surface area (Å²) in [6, 6.07) is 16.9. The molecule has 0 aliphatic rings. The molecule has 2 atom stereocenters. The van der Waals surface area contributed by atoms with E-state index in [4.69, 9.17) is 15.7 Å². The number of nitriles is 1. The third kappa shape index (κ3) is 5.25. The number of benzene rings is 2. The molecule has 30 heavy (non-hydrogen) atoms. The monoisotopic (exact) mass is 404 g/mol. The third-order valence-electron chi connectivity index (χ3n) is 4.95. The Balaban J connectivity index is 1.68. The Bertz CT molecular complexity index is 1040. The number of rotatable bonds is 9. The van der Waals surface area contributed by atoms with Crippen LogP contribution in [-0.4, -0.2) is 26.7 Å². The van der Waals surface area contributed by atoms with Gasteiger partial charge in [-0.3, -0.25) is 4.79 Å². The van der Waals surface area contributed by atoms with Crippen LogP contribution in [0.4, 0.5) is 0 Å². The van der Waals surface area contributed by atoms with Crippen molar-refractivity contribution in [2.24, 2.45) is 5.73 Å². The van der Waals surface area contributed by atoms with Crippen molar-refractivity contribution >= 4 is 5.91 Å². The average Bonchev–Trinajstić information content (AvgIpc) is 3.23. The van der Waals surface area contributed by atoms with Gasteiger partial charge in [0.1, 0.15) is 18.1 Å². The Labute approximate surface area is 175 Å². The van der Waals surface area contributed by atoms with Gasteiger partial charge in [-0.05, 0) is 49.1 Å². The van der Waals surface area contributed by atoms with Crippen molar-refractivity contribution in [2.75, 3.05) is 0 Å². The SMILES string of the molecule is CC(O)C(CCc1ccccc1OCc1ccc(C#N)cc1)n1cnc(C(N)=O)c1. The highest BCUT2D eigenvalue weighted by Gasteiger charge is 2.19. The van der Waals surface area contributed by atoms with Crippen molar-refractivity contribution in [1.29, 1.82) is 5.26 Å². The maximum absolute atomic E-state index is 11.3. The van der Waals surface area contributed by atoms with Crippen molar-refractivity contribution in [3.05, 3.63) is 83.4 Å². The van der Waals surface area contributed by atoms with Crippen molar-refractivity contribution in [3.63, 3.8) is 0 Å². The number of ether oxygens (including phenoxy) is 1. The van der Waals surface area contributed by atoms with E-state index in [0.717, 1.165) is 16.9 Å². The van der Waals surface area contributed by atoms with Gasteiger partial charge < -0.3 is 20.1 Å². The summed E-state index contributed by atoms with van der Waals surface area (Å²) < 4.78 is 7.73. The maximum atomic E-state index is 11.3. The number of aliphatic hydroxyl groups is 1. The first-order valence-corrected chi connectivity index (χ1v) is 9.69. The fourth-order valence-electron chi connectivity index (χ4n) is 3.28. The summed E-state index contributed by atoms with van der Waals surface area (Å²) in [4.78, 5) is 15.3. The zero-order chi connectivity index (χ0) is 21.5. The number of aryl methyl sites for hydroxylation is 1. The standard InChI is InChI=1S/C23H24N4O3/c1-16(28)21(27-13-20(23(25)29)26-15-27)11-10-19-4-2-3-5-22(19)30-14-18-8-6-17(12-24)7-9-18/h2-9,13,15-16,21,28H,10-11,14H2,1H3,(H2,25,29). The predicted octanol–water partition coefficient (Wildman–Crippen LogP) is 2.99. The Kier molecular flexibility index (Phi) is 6.83. The van der Waals surface area contributed by atoms with E-state index in [1.807, 2.05) is 36.4 Å². The number of carbonyl (C=O) groups is 1. The Hall–Kier alpha value is -3.63. The zero-order valence-corrected chi connectivity index (χ0v) is 16.7. The second-order valence-corrected chi connectivity index (χ2v) is 7.12. The summed E-state index contributed by atoms with van der Waals surface area (Å²) in [5, 5.41) is 19.1. The fraction of sp³-hybridized carbons (Fsp3) is 0.261. The maximum Gasteiger partial charge on any atom is 0.268 e. The molecular formula is C23H24N4O3. The number of aromatic nitrogens is 2. The van der Waals surface area contributed by atoms with E-state index in [9.17, 15) is 9.90 Å². The van der Waals surface area contributed by atoms with Crippen LogP contribution in [0.2, 0.25) is 0 Å². The minimum Gasteiger partial charge on any atom is -0.489 e. The fourth-order valence-corrected chi connectivity index (χ4v) is 3.28. The van der Waals surface area contributed by atoms with Crippen LogP contribution in [0.1, 0.15) is 46.6 Å². The minimum absolute atomic E-state index is 0.173. The lowest BCUT2D eigenvalue weighted by atomic mass is 10.0. The van der Waals surface area contributed by atoms with Crippen LogP contribution in [0.3, 0.4) is 0 Å². The van der Waals surface area contributed by atoms with Gasteiger partial charge in [0, 0.05) is 6.20 Å². The van der Waals surface area contributed by atoms with E-state index in [2.05, 4.69) is 11.1 Å². The predicted molar refractivity (Wildman–Crippen MR) is 112 cm³/mol. The Morgan fingerprint density at radius 3 is 2.63 bits per heavy atom. The second-order valence-electron chi connectivity index (χ2n) is 7.12. The van der Waals surface area contributed by atoms with E-state index in [-0.39, 0.29) is 11.7 Å². The van der Waals surface area contributed by atoms with E-state index in [1.165, 1.54) is 6.33 Å². The van der Waals surface area contributed by atoms with Crippen molar-refractivity contribution in [2.45, 2.75) is 38.5 Å². The zero-order valence-electron chi connectivity index (χ0n) is 16.7. The van der Waals surface area contributed by atoms with Crippen LogP contribution in [0.5, 0.6) is 5.75 Å².